The first-order chi connectivity index (χ1) is 6.72. The van der Waals surface area contributed by atoms with E-state index in [1.54, 1.807) is 0 Å². The number of halogens is 1. The second-order valence-corrected chi connectivity index (χ2v) is 3.61. The quantitative estimate of drug-likeness (QED) is 0.764. The van der Waals surface area contributed by atoms with Crippen LogP contribution in [0.5, 0.6) is 0 Å². The van der Waals surface area contributed by atoms with Gasteiger partial charge in [-0.05, 0) is 24.6 Å². The fourth-order valence-electron chi connectivity index (χ4n) is 0.971. The van der Waals surface area contributed by atoms with E-state index in [-0.39, 0.29) is 5.92 Å². The molecule has 1 rings (SSSR count). The summed E-state index contributed by atoms with van der Waals surface area (Å²) in [5, 5.41) is 9.24. The first-order valence-electron chi connectivity index (χ1n) is 4.44. The molecule has 1 unspecified atom stereocenters. The predicted molar refractivity (Wildman–Crippen MR) is 55.9 cm³/mol. The minimum absolute atomic E-state index is 0.0534. The van der Waals surface area contributed by atoms with Crippen molar-refractivity contribution in [2.45, 2.75) is 13.5 Å². The first-order valence-corrected chi connectivity index (χ1v) is 4.82. The number of nitrogens with zero attached hydrogens (tertiary/aromatic N) is 1. The molecule has 74 valence electrons. The van der Waals surface area contributed by atoms with E-state index in [4.69, 9.17) is 21.6 Å². The predicted octanol–water partition coefficient (Wildman–Crippen LogP) is 3.02. The molecule has 0 aliphatic carbocycles. The van der Waals surface area contributed by atoms with Gasteiger partial charge in [-0.25, -0.2) is 0 Å². The van der Waals surface area contributed by atoms with Gasteiger partial charge in [0.05, 0.1) is 25.2 Å². The number of ether oxygens (including phenoxy) is 1. The van der Waals surface area contributed by atoms with E-state index in [9.17, 15) is 0 Å². The van der Waals surface area contributed by atoms with Crippen molar-refractivity contribution in [3.63, 3.8) is 0 Å². The number of nitriles is 1. The molecular formula is C11H12ClNO. The maximum Gasteiger partial charge on any atom is 0.0717 e. The molecule has 0 radical (unpaired) electrons. The molecule has 0 aliphatic heterocycles. The molecule has 0 aliphatic rings. The SMILES string of the molecule is CC(C#N)COCc1ccc(Cl)cc1. The molecule has 0 spiro atoms. The topological polar surface area (TPSA) is 33.0 Å². The lowest BCUT2D eigenvalue weighted by Gasteiger charge is -2.05. The lowest BCUT2D eigenvalue weighted by atomic mass is 10.2. The Labute approximate surface area is 89.1 Å². The molecule has 0 fully saturated rings. The van der Waals surface area contributed by atoms with Gasteiger partial charge in [0.25, 0.3) is 0 Å². The number of hydrogen-bond acceptors (Lipinski definition) is 2. The Morgan fingerprint density at radius 2 is 2.07 bits per heavy atom. The standard InChI is InChI=1S/C11H12ClNO/c1-9(6-13)7-14-8-10-2-4-11(12)5-3-10/h2-5,9H,7-8H2,1H3. The molecule has 3 heteroatoms. The lowest BCUT2D eigenvalue weighted by molar-refractivity contribution is 0.105. The molecule has 0 heterocycles. The molecule has 1 aromatic carbocycles. The maximum atomic E-state index is 8.52. The smallest absolute Gasteiger partial charge is 0.0717 e. The van der Waals surface area contributed by atoms with Gasteiger partial charge in [0.2, 0.25) is 0 Å². The van der Waals surface area contributed by atoms with E-state index < -0.39 is 0 Å². The minimum Gasteiger partial charge on any atom is -0.375 e. The third-order valence-electron chi connectivity index (χ3n) is 1.77. The second kappa shape index (κ2) is 5.64. The molecule has 0 amide bonds. The minimum atomic E-state index is -0.0534. The zero-order chi connectivity index (χ0) is 10.4. The third kappa shape index (κ3) is 3.78. The van der Waals surface area contributed by atoms with Gasteiger partial charge in [-0.3, -0.25) is 0 Å². The van der Waals surface area contributed by atoms with E-state index in [1.807, 2.05) is 31.2 Å². The second-order valence-electron chi connectivity index (χ2n) is 3.17. The maximum absolute atomic E-state index is 8.52. The van der Waals surface area contributed by atoms with E-state index in [2.05, 4.69) is 6.07 Å². The van der Waals surface area contributed by atoms with Gasteiger partial charge in [-0.15, -0.1) is 0 Å². The lowest BCUT2D eigenvalue weighted by Crippen LogP contribution is -2.03. The average Bonchev–Trinajstić information content (AvgIpc) is 2.21. The molecule has 2 nitrogen and oxygen atoms in total. The van der Waals surface area contributed by atoms with Crippen LogP contribution in [0.4, 0.5) is 0 Å². The highest BCUT2D eigenvalue weighted by molar-refractivity contribution is 6.30. The summed E-state index contributed by atoms with van der Waals surface area (Å²) in [6.07, 6.45) is 0. The highest BCUT2D eigenvalue weighted by atomic mass is 35.5. The zero-order valence-corrected chi connectivity index (χ0v) is 8.79. The van der Waals surface area contributed by atoms with Crippen LogP contribution in [0, 0.1) is 17.2 Å². The van der Waals surface area contributed by atoms with Crippen molar-refractivity contribution in [1.29, 1.82) is 5.26 Å². The summed E-state index contributed by atoms with van der Waals surface area (Å²) in [4.78, 5) is 0. The van der Waals surface area contributed by atoms with Gasteiger partial charge in [-0.2, -0.15) is 5.26 Å². The van der Waals surface area contributed by atoms with Crippen molar-refractivity contribution in [2.75, 3.05) is 6.61 Å². The molecular weight excluding hydrogens is 198 g/mol. The van der Waals surface area contributed by atoms with Gasteiger partial charge in [0, 0.05) is 5.02 Å². The van der Waals surface area contributed by atoms with Crippen molar-refractivity contribution in [1.82, 2.24) is 0 Å². The fraction of sp³-hybridized carbons (Fsp3) is 0.364. The summed E-state index contributed by atoms with van der Waals surface area (Å²) < 4.78 is 5.35. The summed E-state index contributed by atoms with van der Waals surface area (Å²) in [5.41, 5.74) is 1.07. The van der Waals surface area contributed by atoms with Crippen LogP contribution in [-0.2, 0) is 11.3 Å². The number of rotatable bonds is 4. The Bertz CT molecular complexity index is 315. The Balaban J connectivity index is 2.32. The first kappa shape index (κ1) is 11.0. The summed E-state index contributed by atoms with van der Waals surface area (Å²) in [7, 11) is 0. The number of benzene rings is 1. The Morgan fingerprint density at radius 1 is 1.43 bits per heavy atom. The summed E-state index contributed by atoms with van der Waals surface area (Å²) in [6, 6.07) is 9.60. The molecule has 0 N–H and O–H groups in total. The summed E-state index contributed by atoms with van der Waals surface area (Å²) in [6.45, 7) is 2.84. The van der Waals surface area contributed by atoms with Crippen molar-refractivity contribution < 1.29 is 4.74 Å². The van der Waals surface area contributed by atoms with Gasteiger partial charge in [0.1, 0.15) is 0 Å². The number of hydrogen-bond donors (Lipinski definition) is 0. The Kier molecular flexibility index (Phi) is 4.45. The van der Waals surface area contributed by atoms with Crippen LogP contribution < -0.4 is 0 Å². The monoisotopic (exact) mass is 209 g/mol. The van der Waals surface area contributed by atoms with Crippen LogP contribution in [-0.4, -0.2) is 6.61 Å². The molecule has 1 atom stereocenters. The zero-order valence-electron chi connectivity index (χ0n) is 8.03. The molecule has 0 saturated carbocycles. The van der Waals surface area contributed by atoms with Gasteiger partial charge in [-0.1, -0.05) is 23.7 Å². The van der Waals surface area contributed by atoms with Crippen LogP contribution in [0.3, 0.4) is 0 Å². The normalized spacial score (nSPS) is 12.1. The van der Waals surface area contributed by atoms with Crippen molar-refractivity contribution in [3.8, 4) is 6.07 Å². The third-order valence-corrected chi connectivity index (χ3v) is 2.02. The summed E-state index contributed by atoms with van der Waals surface area (Å²) >= 11 is 5.73. The van der Waals surface area contributed by atoms with E-state index in [1.165, 1.54) is 0 Å². The van der Waals surface area contributed by atoms with E-state index in [0.717, 1.165) is 10.6 Å². The van der Waals surface area contributed by atoms with Gasteiger partial charge >= 0.3 is 0 Å². The fourth-order valence-corrected chi connectivity index (χ4v) is 1.10. The van der Waals surface area contributed by atoms with Crippen LogP contribution in [0.1, 0.15) is 12.5 Å². The van der Waals surface area contributed by atoms with Crippen LogP contribution in [0.2, 0.25) is 5.02 Å². The molecule has 14 heavy (non-hydrogen) atoms. The largest absolute Gasteiger partial charge is 0.375 e. The molecule has 0 aromatic heterocycles. The highest BCUT2D eigenvalue weighted by Gasteiger charge is 1.99. The average molecular weight is 210 g/mol. The van der Waals surface area contributed by atoms with Crippen molar-refractivity contribution in [3.05, 3.63) is 34.9 Å². The highest BCUT2D eigenvalue weighted by Crippen LogP contribution is 2.10. The molecule has 1 aromatic rings. The molecule has 0 saturated heterocycles. The summed E-state index contributed by atoms with van der Waals surface area (Å²) in [5.74, 6) is -0.0534. The Hall–Kier alpha value is -1.04. The molecule has 0 bridgehead atoms. The van der Waals surface area contributed by atoms with Gasteiger partial charge in [0.15, 0.2) is 0 Å². The Morgan fingerprint density at radius 3 is 2.64 bits per heavy atom. The van der Waals surface area contributed by atoms with Crippen LogP contribution >= 0.6 is 11.6 Å². The van der Waals surface area contributed by atoms with Gasteiger partial charge < -0.3 is 4.74 Å². The van der Waals surface area contributed by atoms with E-state index in [0.29, 0.717) is 13.2 Å². The van der Waals surface area contributed by atoms with Crippen LogP contribution in [0.15, 0.2) is 24.3 Å². The van der Waals surface area contributed by atoms with Crippen molar-refractivity contribution in [2.24, 2.45) is 5.92 Å². The van der Waals surface area contributed by atoms with E-state index >= 15 is 0 Å². The van der Waals surface area contributed by atoms with Crippen molar-refractivity contribution >= 4 is 11.6 Å². The van der Waals surface area contributed by atoms with Crippen LogP contribution in [0.25, 0.3) is 0 Å².